The molecular formula is C17H21NO. The number of aryl methyl sites for hydroxylation is 1. The van der Waals surface area contributed by atoms with Gasteiger partial charge < -0.3 is 10.1 Å². The van der Waals surface area contributed by atoms with Gasteiger partial charge in [0.1, 0.15) is 12.4 Å². The molecule has 0 amide bonds. The van der Waals surface area contributed by atoms with E-state index in [1.807, 2.05) is 18.2 Å². The summed E-state index contributed by atoms with van der Waals surface area (Å²) in [6, 6.07) is 16.7. The van der Waals surface area contributed by atoms with Gasteiger partial charge in [0.05, 0.1) is 0 Å². The van der Waals surface area contributed by atoms with Gasteiger partial charge in [0.15, 0.2) is 0 Å². The average molecular weight is 255 g/mol. The molecule has 100 valence electrons. The Labute approximate surface area is 115 Å². The highest BCUT2D eigenvalue weighted by Gasteiger charge is 1.99. The van der Waals surface area contributed by atoms with E-state index in [2.05, 4.69) is 49.5 Å². The number of hydrogen-bond donors (Lipinski definition) is 1. The van der Waals surface area contributed by atoms with E-state index in [0.29, 0.717) is 6.61 Å². The van der Waals surface area contributed by atoms with Gasteiger partial charge in [-0.3, -0.25) is 0 Å². The Morgan fingerprint density at radius 3 is 2.32 bits per heavy atom. The molecule has 2 aromatic carbocycles. The largest absolute Gasteiger partial charge is 0.489 e. The van der Waals surface area contributed by atoms with Crippen LogP contribution in [0, 0.1) is 6.92 Å². The van der Waals surface area contributed by atoms with Crippen LogP contribution in [0.15, 0.2) is 48.5 Å². The summed E-state index contributed by atoms with van der Waals surface area (Å²) in [5.41, 5.74) is 3.68. The summed E-state index contributed by atoms with van der Waals surface area (Å²) in [4.78, 5) is 0. The van der Waals surface area contributed by atoms with E-state index in [1.165, 1.54) is 16.7 Å². The van der Waals surface area contributed by atoms with E-state index in [4.69, 9.17) is 4.74 Å². The minimum Gasteiger partial charge on any atom is -0.489 e. The smallest absolute Gasteiger partial charge is 0.122 e. The molecule has 2 aromatic rings. The van der Waals surface area contributed by atoms with E-state index in [-0.39, 0.29) is 0 Å². The predicted molar refractivity (Wildman–Crippen MR) is 79.3 cm³/mol. The Bertz CT molecular complexity index is 505. The molecule has 0 atom stereocenters. The molecule has 1 N–H and O–H groups in total. The first-order valence-electron chi connectivity index (χ1n) is 6.76. The maximum Gasteiger partial charge on any atom is 0.122 e. The van der Waals surface area contributed by atoms with Crippen molar-refractivity contribution < 1.29 is 4.74 Å². The van der Waals surface area contributed by atoms with Gasteiger partial charge in [-0.1, -0.05) is 49.4 Å². The molecule has 0 unspecified atom stereocenters. The van der Waals surface area contributed by atoms with Crippen LogP contribution in [-0.4, -0.2) is 6.54 Å². The lowest BCUT2D eigenvalue weighted by atomic mass is 10.1. The van der Waals surface area contributed by atoms with Crippen molar-refractivity contribution in [3.05, 3.63) is 65.2 Å². The van der Waals surface area contributed by atoms with Crippen molar-refractivity contribution in [3.63, 3.8) is 0 Å². The Morgan fingerprint density at radius 2 is 1.63 bits per heavy atom. The Kier molecular flexibility index (Phi) is 4.99. The van der Waals surface area contributed by atoms with Crippen LogP contribution in [0.4, 0.5) is 0 Å². The van der Waals surface area contributed by atoms with Crippen molar-refractivity contribution in [3.8, 4) is 5.75 Å². The van der Waals surface area contributed by atoms with Gasteiger partial charge in [-0.15, -0.1) is 0 Å². The first kappa shape index (κ1) is 13.6. The molecule has 0 radical (unpaired) electrons. The third-order valence-corrected chi connectivity index (χ3v) is 3.09. The maximum absolute atomic E-state index is 5.83. The highest BCUT2D eigenvalue weighted by atomic mass is 16.5. The number of nitrogens with one attached hydrogen (secondary N) is 1. The second kappa shape index (κ2) is 6.95. The molecule has 0 bridgehead atoms. The van der Waals surface area contributed by atoms with Crippen LogP contribution in [0.25, 0.3) is 0 Å². The van der Waals surface area contributed by atoms with Crippen molar-refractivity contribution >= 4 is 0 Å². The summed E-state index contributed by atoms with van der Waals surface area (Å²) in [5.74, 6) is 0.958. The number of ether oxygens (including phenoxy) is 1. The fraction of sp³-hybridized carbons (Fsp3) is 0.294. The molecule has 2 rings (SSSR count). The lowest BCUT2D eigenvalue weighted by molar-refractivity contribution is 0.304. The van der Waals surface area contributed by atoms with Crippen molar-refractivity contribution in [2.24, 2.45) is 0 Å². The van der Waals surface area contributed by atoms with Gasteiger partial charge in [-0.25, -0.2) is 0 Å². The van der Waals surface area contributed by atoms with Crippen LogP contribution in [0.3, 0.4) is 0 Å². The van der Waals surface area contributed by atoms with Crippen LogP contribution in [0.2, 0.25) is 0 Å². The monoisotopic (exact) mass is 255 g/mol. The molecule has 0 aliphatic carbocycles. The zero-order valence-corrected chi connectivity index (χ0v) is 11.6. The standard InChI is InChI=1S/C17H21NO/c1-3-18-12-15-8-10-16(11-9-15)13-19-17-7-5-4-6-14(17)2/h4-11,18H,3,12-13H2,1-2H3. The topological polar surface area (TPSA) is 21.3 Å². The molecule has 2 nitrogen and oxygen atoms in total. The fourth-order valence-electron chi connectivity index (χ4n) is 1.90. The lowest BCUT2D eigenvalue weighted by Gasteiger charge is -2.09. The maximum atomic E-state index is 5.83. The van der Waals surface area contributed by atoms with E-state index in [9.17, 15) is 0 Å². The van der Waals surface area contributed by atoms with Gasteiger partial charge >= 0.3 is 0 Å². The Hall–Kier alpha value is -1.80. The number of para-hydroxylation sites is 1. The summed E-state index contributed by atoms with van der Waals surface area (Å²) in [6.45, 7) is 6.72. The summed E-state index contributed by atoms with van der Waals surface area (Å²) >= 11 is 0. The molecule has 0 saturated carbocycles. The summed E-state index contributed by atoms with van der Waals surface area (Å²) < 4.78 is 5.83. The summed E-state index contributed by atoms with van der Waals surface area (Å²) in [6.07, 6.45) is 0. The molecule has 0 aliphatic heterocycles. The molecule has 0 fully saturated rings. The first-order valence-corrected chi connectivity index (χ1v) is 6.76. The third kappa shape index (κ3) is 4.11. The molecule has 2 heteroatoms. The van der Waals surface area contributed by atoms with Gasteiger partial charge in [0.2, 0.25) is 0 Å². The normalized spacial score (nSPS) is 10.4. The number of benzene rings is 2. The Balaban J connectivity index is 1.91. The van der Waals surface area contributed by atoms with Crippen LogP contribution in [0.5, 0.6) is 5.75 Å². The Morgan fingerprint density at radius 1 is 0.947 bits per heavy atom. The van der Waals surface area contributed by atoms with E-state index in [1.54, 1.807) is 0 Å². The SMILES string of the molecule is CCNCc1ccc(COc2ccccc2C)cc1. The molecule has 0 aromatic heterocycles. The zero-order valence-electron chi connectivity index (χ0n) is 11.6. The molecule has 0 heterocycles. The van der Waals surface area contributed by atoms with Crippen LogP contribution < -0.4 is 10.1 Å². The highest BCUT2D eigenvalue weighted by Crippen LogP contribution is 2.18. The lowest BCUT2D eigenvalue weighted by Crippen LogP contribution is -2.11. The van der Waals surface area contributed by atoms with E-state index in [0.717, 1.165) is 18.8 Å². The summed E-state index contributed by atoms with van der Waals surface area (Å²) in [7, 11) is 0. The summed E-state index contributed by atoms with van der Waals surface area (Å²) in [5, 5.41) is 3.32. The van der Waals surface area contributed by atoms with Crippen molar-refractivity contribution in [1.29, 1.82) is 0 Å². The van der Waals surface area contributed by atoms with Gasteiger partial charge in [0.25, 0.3) is 0 Å². The molecule has 19 heavy (non-hydrogen) atoms. The van der Waals surface area contributed by atoms with Crippen LogP contribution in [0.1, 0.15) is 23.6 Å². The number of hydrogen-bond acceptors (Lipinski definition) is 2. The second-order valence-electron chi connectivity index (χ2n) is 4.65. The predicted octanol–water partition coefficient (Wildman–Crippen LogP) is 3.68. The van der Waals surface area contributed by atoms with Crippen LogP contribution in [-0.2, 0) is 13.2 Å². The zero-order chi connectivity index (χ0) is 13.5. The molecule has 0 spiro atoms. The molecule has 0 saturated heterocycles. The number of rotatable bonds is 6. The quantitative estimate of drug-likeness (QED) is 0.850. The van der Waals surface area contributed by atoms with Gasteiger partial charge in [-0.05, 0) is 36.2 Å². The minimum atomic E-state index is 0.617. The second-order valence-corrected chi connectivity index (χ2v) is 4.65. The van der Waals surface area contributed by atoms with Gasteiger partial charge in [-0.2, -0.15) is 0 Å². The minimum absolute atomic E-state index is 0.617. The van der Waals surface area contributed by atoms with Crippen molar-refractivity contribution in [2.45, 2.75) is 27.0 Å². The third-order valence-electron chi connectivity index (χ3n) is 3.09. The van der Waals surface area contributed by atoms with E-state index >= 15 is 0 Å². The van der Waals surface area contributed by atoms with Crippen molar-refractivity contribution in [1.82, 2.24) is 5.32 Å². The van der Waals surface area contributed by atoms with Crippen molar-refractivity contribution in [2.75, 3.05) is 6.54 Å². The fourth-order valence-corrected chi connectivity index (χ4v) is 1.90. The average Bonchev–Trinajstić information content (AvgIpc) is 2.45. The van der Waals surface area contributed by atoms with Crippen LogP contribution >= 0.6 is 0 Å². The van der Waals surface area contributed by atoms with E-state index < -0.39 is 0 Å². The molecular weight excluding hydrogens is 234 g/mol. The molecule has 0 aliphatic rings. The highest BCUT2D eigenvalue weighted by molar-refractivity contribution is 5.32. The first-order chi connectivity index (χ1) is 9.29. The van der Waals surface area contributed by atoms with Gasteiger partial charge in [0, 0.05) is 6.54 Å².